The minimum absolute atomic E-state index is 0.190. The summed E-state index contributed by atoms with van der Waals surface area (Å²) < 4.78 is 19.0. The van der Waals surface area contributed by atoms with Crippen molar-refractivity contribution >= 4 is 52.6 Å². The summed E-state index contributed by atoms with van der Waals surface area (Å²) in [5.74, 6) is -2.34. The topological polar surface area (TPSA) is 144 Å². The summed E-state index contributed by atoms with van der Waals surface area (Å²) in [7, 11) is 0. The van der Waals surface area contributed by atoms with Crippen LogP contribution in [-0.4, -0.2) is 52.8 Å². The van der Waals surface area contributed by atoms with E-state index in [4.69, 9.17) is 64.7 Å². The molecule has 1 fully saturated rings. The van der Waals surface area contributed by atoms with Gasteiger partial charge in [0.15, 0.2) is 6.10 Å². The van der Waals surface area contributed by atoms with Gasteiger partial charge in [0.1, 0.15) is 6.04 Å². The number of hydrogen-bond donors (Lipinski definition) is 1. The first-order chi connectivity index (χ1) is 13.6. The molecule has 4 atom stereocenters. The number of ether oxygens (including phenoxy) is 4. The Hall–Kier alpha value is -2.23. The summed E-state index contributed by atoms with van der Waals surface area (Å²) in [4.78, 5) is 26.8. The van der Waals surface area contributed by atoms with Gasteiger partial charge in [-0.3, -0.25) is 10.2 Å². The number of carbonyl (C=O) groups excluding carboxylic acids is 2. The van der Waals surface area contributed by atoms with Crippen molar-refractivity contribution in [3.8, 4) is 0 Å². The third-order valence-corrected chi connectivity index (χ3v) is 4.16. The fourth-order valence-electron chi connectivity index (χ4n) is 2.43. The first kappa shape index (κ1) is 23.1. The Morgan fingerprint density at radius 2 is 1.86 bits per heavy atom. The average molecular weight is 466 g/mol. The van der Waals surface area contributed by atoms with Crippen LogP contribution < -0.4 is 0 Å². The molecule has 1 unspecified atom stereocenters. The molecule has 1 aromatic carbocycles. The van der Waals surface area contributed by atoms with Crippen molar-refractivity contribution in [2.75, 3.05) is 6.61 Å². The lowest BCUT2D eigenvalue weighted by Gasteiger charge is -2.39. The van der Waals surface area contributed by atoms with Gasteiger partial charge in [-0.2, -0.15) is 0 Å². The van der Waals surface area contributed by atoms with Gasteiger partial charge < -0.3 is 18.9 Å². The fraction of sp³-hybridized carbons (Fsp3) is 0.438. The molecule has 0 spiro atoms. The number of rotatable bonds is 5. The molecule has 10 nitrogen and oxygen atoms in total. The number of nitrogens with zero attached hydrogens (tertiary/aromatic N) is 3. The highest BCUT2D eigenvalue weighted by Crippen LogP contribution is 2.31. The van der Waals surface area contributed by atoms with Crippen LogP contribution in [0.25, 0.3) is 10.4 Å². The molecule has 29 heavy (non-hydrogen) atoms. The number of benzene rings is 1. The summed E-state index contributed by atoms with van der Waals surface area (Å²) in [6.45, 7) is 0.858. The van der Waals surface area contributed by atoms with E-state index in [1.807, 2.05) is 0 Å². The highest BCUT2D eigenvalue weighted by Gasteiger charge is 2.48. The molecule has 1 N–H and O–H groups in total. The van der Waals surface area contributed by atoms with Gasteiger partial charge in [-0.25, -0.2) is 4.79 Å². The van der Waals surface area contributed by atoms with Crippen LogP contribution in [0.2, 0.25) is 0 Å². The second-order valence-electron chi connectivity index (χ2n) is 5.73. The predicted octanol–water partition coefficient (Wildman–Crippen LogP) is 3.54. The summed E-state index contributed by atoms with van der Waals surface area (Å²) in [6.07, 6.45) is -4.16. The summed E-state index contributed by atoms with van der Waals surface area (Å²) in [6, 6.07) is 6.90. The lowest BCUT2D eigenvalue weighted by Crippen LogP contribution is -2.57. The summed E-state index contributed by atoms with van der Waals surface area (Å²) in [5, 5.41) is 11.2. The van der Waals surface area contributed by atoms with Crippen LogP contribution in [0.4, 0.5) is 0 Å². The van der Waals surface area contributed by atoms with Gasteiger partial charge in [0, 0.05) is 11.8 Å². The normalized spacial score (nSPS) is 24.0. The molecule has 156 valence electrons. The summed E-state index contributed by atoms with van der Waals surface area (Å²) in [5.41, 5.74) is 8.96. The number of alkyl halides is 3. The number of nitrogens with one attached hydrogen (secondary N) is 1. The molecule has 1 aliphatic heterocycles. The Bertz CT molecular complexity index is 813. The Kier molecular flexibility index (Phi) is 7.95. The average Bonchev–Trinajstić information content (AvgIpc) is 2.65. The molecule has 1 aromatic rings. The first-order valence-corrected chi connectivity index (χ1v) is 9.18. The lowest BCUT2D eigenvalue weighted by atomic mass is 10.0. The Labute approximate surface area is 180 Å². The number of esters is 2. The molecule has 1 heterocycles. The zero-order valence-corrected chi connectivity index (χ0v) is 17.1. The minimum atomic E-state index is -2.21. The zero-order valence-electron chi connectivity index (χ0n) is 14.8. The van der Waals surface area contributed by atoms with E-state index in [0.717, 1.165) is 6.92 Å². The minimum Gasteiger partial charge on any atom is -0.458 e. The van der Waals surface area contributed by atoms with Gasteiger partial charge in [0.25, 0.3) is 3.79 Å². The molecule has 1 saturated heterocycles. The maximum atomic E-state index is 12.5. The van der Waals surface area contributed by atoms with Crippen LogP contribution in [0.1, 0.15) is 17.3 Å². The van der Waals surface area contributed by atoms with E-state index in [-0.39, 0.29) is 12.2 Å². The fourth-order valence-corrected chi connectivity index (χ4v) is 2.57. The second kappa shape index (κ2) is 10.00. The van der Waals surface area contributed by atoms with Crippen molar-refractivity contribution in [2.24, 2.45) is 5.11 Å². The largest absolute Gasteiger partial charge is 0.458 e. The third kappa shape index (κ3) is 6.38. The molecule has 2 rings (SSSR count). The van der Waals surface area contributed by atoms with Gasteiger partial charge in [0.05, 0.1) is 12.2 Å². The van der Waals surface area contributed by atoms with Gasteiger partial charge in [-0.05, 0) is 17.7 Å². The Morgan fingerprint density at radius 1 is 1.21 bits per heavy atom. The Morgan fingerprint density at radius 3 is 2.41 bits per heavy atom. The van der Waals surface area contributed by atoms with E-state index in [1.54, 1.807) is 18.2 Å². The van der Waals surface area contributed by atoms with Crippen molar-refractivity contribution in [2.45, 2.75) is 35.3 Å². The standard InChI is InChI=1S/C16H15Cl3N4O6/c1-8(24)27-11-10(22-23-21)7-26-14(29-15(20)16(17,18)19)12(11)28-13(25)9-5-3-2-4-6-9/h2-6,10-12,14,20H,7H2,1H3/t10-,11-,12-,14?/m0/s1. The van der Waals surface area contributed by atoms with Crippen molar-refractivity contribution in [3.63, 3.8) is 0 Å². The smallest absolute Gasteiger partial charge is 0.338 e. The van der Waals surface area contributed by atoms with Crippen LogP contribution >= 0.6 is 34.8 Å². The van der Waals surface area contributed by atoms with Crippen LogP contribution in [0, 0.1) is 5.41 Å². The third-order valence-electron chi connectivity index (χ3n) is 3.65. The van der Waals surface area contributed by atoms with Gasteiger partial charge in [0.2, 0.25) is 18.3 Å². The quantitative estimate of drug-likeness (QED) is 0.134. The van der Waals surface area contributed by atoms with Crippen molar-refractivity contribution in [1.29, 1.82) is 5.41 Å². The van der Waals surface area contributed by atoms with E-state index in [1.165, 1.54) is 12.1 Å². The molecule has 0 bridgehead atoms. The molecule has 0 amide bonds. The van der Waals surface area contributed by atoms with Crippen molar-refractivity contribution < 1.29 is 28.5 Å². The lowest BCUT2D eigenvalue weighted by molar-refractivity contribution is -0.227. The van der Waals surface area contributed by atoms with E-state index in [0.29, 0.717) is 0 Å². The SMILES string of the molecule is CC(=O)O[C@H]1[C@@H](N=[N+]=[N-])COC(OC(=N)C(Cl)(Cl)Cl)[C@H]1OC(=O)c1ccccc1. The highest BCUT2D eigenvalue weighted by atomic mass is 35.6. The van der Waals surface area contributed by atoms with Crippen molar-refractivity contribution in [3.05, 3.63) is 46.3 Å². The monoisotopic (exact) mass is 464 g/mol. The molecule has 0 radical (unpaired) electrons. The molecular weight excluding hydrogens is 451 g/mol. The van der Waals surface area contributed by atoms with Crippen molar-refractivity contribution in [1.82, 2.24) is 0 Å². The van der Waals surface area contributed by atoms with Crippen LogP contribution in [-0.2, 0) is 23.7 Å². The molecule has 1 aliphatic rings. The number of hydrogen-bond acceptors (Lipinski definition) is 8. The molecule has 0 aliphatic carbocycles. The predicted molar refractivity (Wildman–Crippen MR) is 103 cm³/mol. The maximum absolute atomic E-state index is 12.5. The molecular formula is C16H15Cl3N4O6. The van der Waals surface area contributed by atoms with Gasteiger partial charge in [-0.15, -0.1) is 0 Å². The highest BCUT2D eigenvalue weighted by molar-refractivity contribution is 6.76. The van der Waals surface area contributed by atoms with Gasteiger partial charge >= 0.3 is 11.9 Å². The van der Waals surface area contributed by atoms with Crippen LogP contribution in [0.15, 0.2) is 35.4 Å². The number of carbonyl (C=O) groups is 2. The van der Waals surface area contributed by atoms with Gasteiger partial charge in [-0.1, -0.05) is 58.1 Å². The van der Waals surface area contributed by atoms with Crippen LogP contribution in [0.5, 0.6) is 0 Å². The second-order valence-corrected chi connectivity index (χ2v) is 8.01. The summed E-state index contributed by atoms with van der Waals surface area (Å²) >= 11 is 16.9. The zero-order chi connectivity index (χ0) is 21.6. The Balaban J connectivity index is 2.35. The van der Waals surface area contributed by atoms with E-state index in [2.05, 4.69) is 10.0 Å². The van der Waals surface area contributed by atoms with E-state index < -0.39 is 46.2 Å². The molecule has 13 heteroatoms. The van der Waals surface area contributed by atoms with E-state index in [9.17, 15) is 9.59 Å². The molecule has 0 aromatic heterocycles. The van der Waals surface area contributed by atoms with E-state index >= 15 is 0 Å². The number of azide groups is 1. The first-order valence-electron chi connectivity index (χ1n) is 8.05. The number of halogens is 3. The maximum Gasteiger partial charge on any atom is 0.338 e. The molecule has 0 saturated carbocycles. The van der Waals surface area contributed by atoms with Crippen LogP contribution in [0.3, 0.4) is 0 Å².